The number of hydrogen-bond donors (Lipinski definition) is 2. The number of carbonyl (C=O) groups is 1. The molecule has 128 valence electrons. The second-order valence-corrected chi connectivity index (χ2v) is 5.96. The molecular weight excluding hydrogens is 306 g/mol. The highest BCUT2D eigenvalue weighted by molar-refractivity contribution is 5.88. The van der Waals surface area contributed by atoms with Gasteiger partial charge in [-0.05, 0) is 19.3 Å². The third kappa shape index (κ3) is 4.01. The van der Waals surface area contributed by atoms with Crippen molar-refractivity contribution in [1.29, 1.82) is 0 Å². The lowest BCUT2D eigenvalue weighted by Crippen LogP contribution is -2.46. The van der Waals surface area contributed by atoms with Crippen molar-refractivity contribution in [3.05, 3.63) is 30.4 Å². The van der Waals surface area contributed by atoms with E-state index in [-0.39, 0.29) is 12.1 Å². The zero-order valence-corrected chi connectivity index (χ0v) is 14.1. The lowest BCUT2D eigenvalue weighted by atomic mass is 10.1. The number of anilines is 2. The maximum atomic E-state index is 12.0. The third-order valence-corrected chi connectivity index (χ3v) is 4.18. The first-order valence-electron chi connectivity index (χ1n) is 8.27. The van der Waals surface area contributed by atoms with Crippen LogP contribution in [0.1, 0.15) is 25.5 Å². The molecule has 1 saturated heterocycles. The second kappa shape index (κ2) is 7.29. The van der Waals surface area contributed by atoms with Crippen molar-refractivity contribution in [3.63, 3.8) is 0 Å². The fraction of sp³-hybridized carbons (Fsp3) is 0.500. The lowest BCUT2D eigenvalue weighted by Gasteiger charge is -2.33. The normalized spacial score (nSPS) is 15.3. The molecule has 1 fully saturated rings. The Labute approximate surface area is 141 Å². The van der Waals surface area contributed by atoms with Gasteiger partial charge in [-0.3, -0.25) is 10.00 Å². The number of aromatic nitrogens is 4. The van der Waals surface area contributed by atoms with Gasteiger partial charge in [-0.25, -0.2) is 14.8 Å². The number of amides is 2. The van der Waals surface area contributed by atoms with Gasteiger partial charge >= 0.3 is 6.03 Å². The molecule has 1 aliphatic rings. The summed E-state index contributed by atoms with van der Waals surface area (Å²) in [5.74, 6) is 1.53. The molecule has 24 heavy (non-hydrogen) atoms. The monoisotopic (exact) mass is 329 g/mol. The Morgan fingerprint density at radius 3 is 2.79 bits per heavy atom. The number of urea groups is 1. The highest BCUT2D eigenvalue weighted by Gasteiger charge is 2.22. The summed E-state index contributed by atoms with van der Waals surface area (Å²) in [5, 5.41) is 9.90. The van der Waals surface area contributed by atoms with Crippen molar-refractivity contribution in [2.24, 2.45) is 7.05 Å². The van der Waals surface area contributed by atoms with Crippen LogP contribution in [-0.4, -0.2) is 44.9 Å². The molecule has 1 aliphatic heterocycles. The van der Waals surface area contributed by atoms with Crippen LogP contribution < -0.4 is 15.5 Å². The van der Waals surface area contributed by atoms with Crippen molar-refractivity contribution in [1.82, 2.24) is 25.1 Å². The molecule has 0 saturated carbocycles. The number of nitrogens with one attached hydrogen (secondary N) is 2. The van der Waals surface area contributed by atoms with Gasteiger partial charge in [0.2, 0.25) is 0 Å². The topological polar surface area (TPSA) is 88.0 Å². The summed E-state index contributed by atoms with van der Waals surface area (Å²) < 4.78 is 1.65. The van der Waals surface area contributed by atoms with Gasteiger partial charge in [0.25, 0.3) is 0 Å². The minimum absolute atomic E-state index is 0.164. The van der Waals surface area contributed by atoms with Crippen LogP contribution in [0.5, 0.6) is 0 Å². The van der Waals surface area contributed by atoms with Crippen LogP contribution in [0.2, 0.25) is 0 Å². The number of carbonyl (C=O) groups excluding carboxylic acids is 1. The molecule has 2 aromatic rings. The maximum Gasteiger partial charge on any atom is 0.320 e. The van der Waals surface area contributed by atoms with Crippen LogP contribution in [0.15, 0.2) is 24.7 Å². The van der Waals surface area contributed by atoms with E-state index in [4.69, 9.17) is 0 Å². The van der Waals surface area contributed by atoms with Crippen LogP contribution in [0.25, 0.3) is 0 Å². The largest absolute Gasteiger partial charge is 0.356 e. The minimum Gasteiger partial charge on any atom is -0.356 e. The molecule has 0 spiro atoms. The molecule has 2 amide bonds. The van der Waals surface area contributed by atoms with Crippen LogP contribution in [-0.2, 0) is 13.5 Å². The molecule has 2 aromatic heterocycles. The molecule has 0 aliphatic carbocycles. The Balaban J connectivity index is 1.48. The van der Waals surface area contributed by atoms with Crippen molar-refractivity contribution < 1.29 is 4.79 Å². The zero-order chi connectivity index (χ0) is 16.9. The summed E-state index contributed by atoms with van der Waals surface area (Å²) >= 11 is 0. The van der Waals surface area contributed by atoms with Gasteiger partial charge in [-0.15, -0.1) is 0 Å². The number of rotatable bonds is 4. The van der Waals surface area contributed by atoms with E-state index in [0.29, 0.717) is 5.82 Å². The summed E-state index contributed by atoms with van der Waals surface area (Å²) in [7, 11) is 1.82. The third-order valence-electron chi connectivity index (χ3n) is 4.18. The van der Waals surface area contributed by atoms with Crippen molar-refractivity contribution in [2.45, 2.75) is 32.2 Å². The number of hydrogen-bond acceptors (Lipinski definition) is 5. The van der Waals surface area contributed by atoms with Gasteiger partial charge in [0.15, 0.2) is 5.82 Å². The van der Waals surface area contributed by atoms with Gasteiger partial charge in [0.1, 0.15) is 12.1 Å². The summed E-state index contributed by atoms with van der Waals surface area (Å²) in [6, 6.07) is 3.77. The fourth-order valence-corrected chi connectivity index (χ4v) is 2.82. The van der Waals surface area contributed by atoms with Crippen molar-refractivity contribution in [3.8, 4) is 0 Å². The highest BCUT2D eigenvalue weighted by Crippen LogP contribution is 2.18. The van der Waals surface area contributed by atoms with Gasteiger partial charge in [-0.1, -0.05) is 6.92 Å². The summed E-state index contributed by atoms with van der Waals surface area (Å²) in [5.41, 5.74) is 1.05. The van der Waals surface area contributed by atoms with Crippen molar-refractivity contribution in [2.75, 3.05) is 23.3 Å². The SMILES string of the molecule is CCc1cc(N2CCC(NC(=O)Nc3ccn(C)n3)CC2)ncn1. The fourth-order valence-electron chi connectivity index (χ4n) is 2.82. The van der Waals surface area contributed by atoms with E-state index in [2.05, 4.69) is 37.5 Å². The molecule has 3 rings (SSSR count). The van der Waals surface area contributed by atoms with E-state index in [1.54, 1.807) is 23.3 Å². The summed E-state index contributed by atoms with van der Waals surface area (Å²) in [4.78, 5) is 22.9. The van der Waals surface area contributed by atoms with E-state index in [1.807, 2.05) is 13.1 Å². The Kier molecular flexibility index (Phi) is 4.93. The smallest absolute Gasteiger partial charge is 0.320 e. The first-order valence-corrected chi connectivity index (χ1v) is 8.27. The Bertz CT molecular complexity index is 691. The molecule has 8 nitrogen and oxygen atoms in total. The van der Waals surface area contributed by atoms with E-state index >= 15 is 0 Å². The lowest BCUT2D eigenvalue weighted by molar-refractivity contribution is 0.246. The molecule has 0 unspecified atom stereocenters. The average molecular weight is 329 g/mol. The molecular formula is C16H23N7O. The average Bonchev–Trinajstić information content (AvgIpc) is 3.00. The quantitative estimate of drug-likeness (QED) is 0.889. The van der Waals surface area contributed by atoms with Crippen LogP contribution in [0.3, 0.4) is 0 Å². The number of piperidine rings is 1. The minimum atomic E-state index is -0.206. The van der Waals surface area contributed by atoms with Crippen LogP contribution >= 0.6 is 0 Å². The summed E-state index contributed by atoms with van der Waals surface area (Å²) in [6.07, 6.45) is 6.10. The summed E-state index contributed by atoms with van der Waals surface area (Å²) in [6.45, 7) is 3.83. The highest BCUT2D eigenvalue weighted by atomic mass is 16.2. The first kappa shape index (κ1) is 16.2. The van der Waals surface area contributed by atoms with Crippen molar-refractivity contribution >= 4 is 17.7 Å². The van der Waals surface area contributed by atoms with Crippen LogP contribution in [0.4, 0.5) is 16.4 Å². The zero-order valence-electron chi connectivity index (χ0n) is 14.1. The van der Waals surface area contributed by atoms with E-state index in [1.165, 1.54) is 0 Å². The van der Waals surface area contributed by atoms with E-state index in [0.717, 1.165) is 43.9 Å². The van der Waals surface area contributed by atoms with Crippen LogP contribution in [0, 0.1) is 0 Å². The Hall–Kier alpha value is -2.64. The number of aryl methyl sites for hydroxylation is 2. The van der Waals surface area contributed by atoms with Gasteiger partial charge < -0.3 is 10.2 Å². The first-order chi connectivity index (χ1) is 11.6. The Morgan fingerprint density at radius 1 is 1.33 bits per heavy atom. The van der Waals surface area contributed by atoms with Gasteiger partial charge in [0.05, 0.1) is 0 Å². The predicted octanol–water partition coefficient (Wildman–Crippen LogP) is 1.56. The second-order valence-electron chi connectivity index (χ2n) is 5.96. The Morgan fingerprint density at radius 2 is 2.12 bits per heavy atom. The molecule has 8 heteroatoms. The molecule has 0 atom stereocenters. The van der Waals surface area contributed by atoms with E-state index < -0.39 is 0 Å². The molecule has 0 aromatic carbocycles. The van der Waals surface area contributed by atoms with Gasteiger partial charge in [-0.2, -0.15) is 5.10 Å². The predicted molar refractivity (Wildman–Crippen MR) is 92.0 cm³/mol. The molecule has 3 heterocycles. The molecule has 0 bridgehead atoms. The van der Waals surface area contributed by atoms with E-state index in [9.17, 15) is 4.79 Å². The molecule has 0 radical (unpaired) electrons. The standard InChI is InChI=1S/C16H23N7O/c1-3-12-10-15(18-11-17-12)23-8-4-13(5-9-23)19-16(24)20-14-6-7-22(2)21-14/h6-7,10-11,13H,3-5,8-9H2,1-2H3,(H2,19,20,21,24). The molecule has 2 N–H and O–H groups in total. The van der Waals surface area contributed by atoms with Gasteiger partial charge in [0, 0.05) is 50.2 Å². The number of nitrogens with zero attached hydrogens (tertiary/aromatic N) is 5. The maximum absolute atomic E-state index is 12.0.